The zero-order valence-corrected chi connectivity index (χ0v) is 20.3. The number of likely N-dealkylation sites (tertiary alicyclic amines) is 1. The molecule has 0 aliphatic carbocycles. The first kappa shape index (κ1) is 23.3. The van der Waals surface area contributed by atoms with E-state index in [1.165, 1.54) is 5.56 Å². The highest BCUT2D eigenvalue weighted by molar-refractivity contribution is 6.15. The molecule has 2 unspecified atom stereocenters. The van der Waals surface area contributed by atoms with Crippen LogP contribution in [0.4, 0.5) is 0 Å². The molecule has 2 atom stereocenters. The van der Waals surface area contributed by atoms with Crippen LogP contribution < -0.4 is 9.47 Å². The molecule has 2 aromatic carbocycles. The van der Waals surface area contributed by atoms with Crippen molar-refractivity contribution in [1.29, 1.82) is 0 Å². The molecule has 2 aliphatic heterocycles. The molecule has 0 aromatic heterocycles. The van der Waals surface area contributed by atoms with Crippen molar-refractivity contribution in [3.8, 4) is 11.5 Å². The molecule has 0 spiro atoms. The average Bonchev–Trinajstić information content (AvgIpc) is 2.79. The number of piperidine rings is 1. The summed E-state index contributed by atoms with van der Waals surface area (Å²) in [5, 5.41) is 0. The molecule has 0 N–H and O–H groups in total. The maximum Gasteiger partial charge on any atom is 0.338 e. The van der Waals surface area contributed by atoms with Crippen molar-refractivity contribution < 1.29 is 19.0 Å². The number of hydrogen-bond donors (Lipinski definition) is 0. The van der Waals surface area contributed by atoms with Gasteiger partial charge in [0.15, 0.2) is 11.5 Å². The summed E-state index contributed by atoms with van der Waals surface area (Å²) < 4.78 is 17.2. The van der Waals surface area contributed by atoms with Gasteiger partial charge >= 0.3 is 5.97 Å². The summed E-state index contributed by atoms with van der Waals surface area (Å²) in [6, 6.07) is 12.0. The standard InChI is InChI=1S/C27H34N2O4/c1-6-31-24-14-20-21(15-25(24)32-7-2)26(28-23-12-13-29(5)16-22(20)23)18-8-10-19(11-9-18)27(30)33-17(3)4/h8-11,14-15,17,22-23H,6-7,12-13,16H2,1-5H3. The number of nitrogens with zero attached hydrogens (tertiary/aromatic N) is 2. The Kier molecular flexibility index (Phi) is 7.03. The number of fused-ring (bicyclic) bond motifs is 3. The first-order valence-electron chi connectivity index (χ1n) is 11.9. The normalized spacial score (nSPS) is 20.0. The van der Waals surface area contributed by atoms with Crippen LogP contribution in [0, 0.1) is 0 Å². The molecule has 4 rings (SSSR count). The SMILES string of the molecule is CCOc1cc2c(cc1OCC)C1CN(C)CCC1N=C2c1ccc(C(=O)OC(C)C)cc1. The third-order valence-corrected chi connectivity index (χ3v) is 6.18. The molecule has 2 heterocycles. The Bertz CT molecular complexity index is 1030. The Morgan fingerprint density at radius 2 is 1.76 bits per heavy atom. The van der Waals surface area contributed by atoms with Crippen LogP contribution >= 0.6 is 0 Å². The van der Waals surface area contributed by atoms with E-state index in [9.17, 15) is 4.79 Å². The van der Waals surface area contributed by atoms with Crippen LogP contribution in [0.25, 0.3) is 0 Å². The highest BCUT2D eigenvalue weighted by Crippen LogP contribution is 2.42. The number of aliphatic imine (C=N–C) groups is 1. The Morgan fingerprint density at radius 3 is 2.39 bits per heavy atom. The number of hydrogen-bond acceptors (Lipinski definition) is 6. The predicted octanol–water partition coefficient (Wildman–Crippen LogP) is 4.69. The van der Waals surface area contributed by atoms with Gasteiger partial charge in [0, 0.05) is 23.6 Å². The van der Waals surface area contributed by atoms with E-state index in [1.54, 1.807) is 0 Å². The minimum Gasteiger partial charge on any atom is -0.490 e. The van der Waals surface area contributed by atoms with Crippen molar-refractivity contribution in [3.05, 3.63) is 58.7 Å². The number of likely N-dealkylation sites (N-methyl/N-ethyl adjacent to an activating group) is 1. The zero-order valence-electron chi connectivity index (χ0n) is 20.3. The smallest absolute Gasteiger partial charge is 0.338 e. The summed E-state index contributed by atoms with van der Waals surface area (Å²) in [7, 11) is 2.17. The van der Waals surface area contributed by atoms with Crippen LogP contribution in [-0.2, 0) is 4.74 Å². The summed E-state index contributed by atoms with van der Waals surface area (Å²) >= 11 is 0. The lowest BCUT2D eigenvalue weighted by Crippen LogP contribution is -2.41. The van der Waals surface area contributed by atoms with Crippen molar-refractivity contribution in [2.75, 3.05) is 33.4 Å². The number of carbonyl (C=O) groups is 1. The highest BCUT2D eigenvalue weighted by Gasteiger charge is 2.36. The lowest BCUT2D eigenvalue weighted by Gasteiger charge is -2.39. The van der Waals surface area contributed by atoms with E-state index in [1.807, 2.05) is 52.0 Å². The molecule has 2 aromatic rings. The third kappa shape index (κ3) is 4.91. The molecule has 0 amide bonds. The molecule has 6 heteroatoms. The maximum absolute atomic E-state index is 12.3. The molecule has 1 saturated heterocycles. The number of carbonyl (C=O) groups excluding carboxylic acids is 1. The van der Waals surface area contributed by atoms with Crippen LogP contribution in [0.15, 0.2) is 41.4 Å². The number of ether oxygens (including phenoxy) is 3. The monoisotopic (exact) mass is 450 g/mol. The summed E-state index contributed by atoms with van der Waals surface area (Å²) in [4.78, 5) is 19.9. The largest absolute Gasteiger partial charge is 0.490 e. The fourth-order valence-corrected chi connectivity index (χ4v) is 4.70. The van der Waals surface area contributed by atoms with Gasteiger partial charge < -0.3 is 19.1 Å². The van der Waals surface area contributed by atoms with E-state index >= 15 is 0 Å². The Hall–Kier alpha value is -2.86. The van der Waals surface area contributed by atoms with Crippen LogP contribution in [-0.4, -0.2) is 62.1 Å². The predicted molar refractivity (Wildman–Crippen MR) is 130 cm³/mol. The molecule has 6 nitrogen and oxygen atoms in total. The zero-order chi connectivity index (χ0) is 23.5. The Morgan fingerprint density at radius 1 is 1.09 bits per heavy atom. The van der Waals surface area contributed by atoms with Gasteiger partial charge in [-0.3, -0.25) is 4.99 Å². The van der Waals surface area contributed by atoms with Gasteiger partial charge in [-0.25, -0.2) is 4.79 Å². The lowest BCUT2D eigenvalue weighted by molar-refractivity contribution is 0.0378. The molecule has 1 fully saturated rings. The topological polar surface area (TPSA) is 60.4 Å². The van der Waals surface area contributed by atoms with E-state index in [0.29, 0.717) is 24.7 Å². The van der Waals surface area contributed by atoms with Gasteiger partial charge in [0.1, 0.15) is 0 Å². The summed E-state index contributed by atoms with van der Waals surface area (Å²) in [6.07, 6.45) is 0.866. The van der Waals surface area contributed by atoms with Gasteiger partial charge in [0.05, 0.1) is 36.6 Å². The molecule has 33 heavy (non-hydrogen) atoms. The van der Waals surface area contributed by atoms with Gasteiger partial charge in [-0.1, -0.05) is 12.1 Å². The van der Waals surface area contributed by atoms with Crippen molar-refractivity contribution in [2.45, 2.75) is 52.2 Å². The quantitative estimate of drug-likeness (QED) is 0.573. The van der Waals surface area contributed by atoms with Gasteiger partial charge in [-0.2, -0.15) is 0 Å². The van der Waals surface area contributed by atoms with Gasteiger partial charge in [0.25, 0.3) is 0 Å². The Labute approximate surface area is 196 Å². The average molecular weight is 451 g/mol. The number of esters is 1. The number of rotatable bonds is 7. The molecule has 176 valence electrons. The fraction of sp³-hybridized carbons (Fsp3) is 0.481. The Balaban J connectivity index is 1.77. The van der Waals surface area contributed by atoms with Crippen molar-refractivity contribution in [3.63, 3.8) is 0 Å². The maximum atomic E-state index is 12.3. The van der Waals surface area contributed by atoms with Crippen LogP contribution in [0.3, 0.4) is 0 Å². The van der Waals surface area contributed by atoms with Crippen molar-refractivity contribution in [2.24, 2.45) is 4.99 Å². The molecular weight excluding hydrogens is 416 g/mol. The van der Waals surface area contributed by atoms with E-state index in [2.05, 4.69) is 24.1 Å². The minimum absolute atomic E-state index is 0.148. The van der Waals surface area contributed by atoms with Gasteiger partial charge in [-0.05, 0) is 77.5 Å². The first-order valence-corrected chi connectivity index (χ1v) is 11.9. The van der Waals surface area contributed by atoms with Crippen LogP contribution in [0.1, 0.15) is 67.1 Å². The summed E-state index contributed by atoms with van der Waals surface area (Å²) in [5.41, 5.74) is 4.82. The van der Waals surface area contributed by atoms with Crippen molar-refractivity contribution >= 4 is 11.7 Å². The second kappa shape index (κ2) is 9.96. The van der Waals surface area contributed by atoms with E-state index in [4.69, 9.17) is 19.2 Å². The molecule has 2 aliphatic rings. The molecule has 0 saturated carbocycles. The first-order chi connectivity index (χ1) is 15.9. The van der Waals surface area contributed by atoms with Gasteiger partial charge in [-0.15, -0.1) is 0 Å². The van der Waals surface area contributed by atoms with E-state index in [0.717, 1.165) is 47.8 Å². The fourth-order valence-electron chi connectivity index (χ4n) is 4.70. The summed E-state index contributed by atoms with van der Waals surface area (Å²) in [5.74, 6) is 1.54. The van der Waals surface area contributed by atoms with Crippen LogP contribution in [0.5, 0.6) is 11.5 Å². The third-order valence-electron chi connectivity index (χ3n) is 6.18. The van der Waals surface area contributed by atoms with Crippen LogP contribution in [0.2, 0.25) is 0 Å². The van der Waals surface area contributed by atoms with E-state index < -0.39 is 0 Å². The second-order valence-electron chi connectivity index (χ2n) is 8.99. The van der Waals surface area contributed by atoms with E-state index in [-0.39, 0.29) is 18.1 Å². The number of benzene rings is 2. The van der Waals surface area contributed by atoms with Gasteiger partial charge in [0.2, 0.25) is 0 Å². The molecular formula is C27H34N2O4. The van der Waals surface area contributed by atoms with Crippen molar-refractivity contribution in [1.82, 2.24) is 4.90 Å². The highest BCUT2D eigenvalue weighted by atomic mass is 16.5. The molecule has 0 bridgehead atoms. The minimum atomic E-state index is -0.307. The summed E-state index contributed by atoms with van der Waals surface area (Å²) in [6.45, 7) is 10.8. The second-order valence-corrected chi connectivity index (χ2v) is 8.99. The molecule has 0 radical (unpaired) electrons. The lowest BCUT2D eigenvalue weighted by atomic mass is 9.79.